The van der Waals surface area contributed by atoms with E-state index >= 15 is 0 Å². The Morgan fingerprint density at radius 2 is 2.07 bits per heavy atom. The van der Waals surface area contributed by atoms with E-state index in [9.17, 15) is 4.79 Å². The van der Waals surface area contributed by atoms with Gasteiger partial charge in [0.1, 0.15) is 18.4 Å². The molecule has 2 amide bonds. The molecule has 3 heterocycles. The molecule has 0 radical (unpaired) electrons. The lowest BCUT2D eigenvalue weighted by atomic mass is 10.0. The van der Waals surface area contributed by atoms with Gasteiger partial charge in [-0.25, -0.2) is 9.78 Å². The average Bonchev–Trinajstić information content (AvgIpc) is 3.52. The number of amides is 2. The number of benzene rings is 1. The van der Waals surface area contributed by atoms with E-state index in [-0.39, 0.29) is 18.1 Å². The van der Waals surface area contributed by atoms with Gasteiger partial charge in [0, 0.05) is 18.7 Å². The monoisotopic (exact) mass is 398 g/mol. The Labute approximate surface area is 171 Å². The fourth-order valence-electron chi connectivity index (χ4n) is 4.55. The standard InChI is InChI=1S/C21H30N6O2/c1-29-20-9-3-2-8-18(20)19(25-10-4-5-11-25)13-23-21(28)27-12-6-7-17(27)14-26-16-22-15-24-26/h2-3,8-9,15-17,19H,4-7,10-14H2,1H3,(H,23,28). The zero-order valence-corrected chi connectivity index (χ0v) is 17.0. The van der Waals surface area contributed by atoms with Gasteiger partial charge in [-0.05, 0) is 44.8 Å². The lowest BCUT2D eigenvalue weighted by Crippen LogP contribution is -2.47. The minimum atomic E-state index is 0.00621. The maximum Gasteiger partial charge on any atom is 0.317 e. The van der Waals surface area contributed by atoms with Crippen LogP contribution in [0.25, 0.3) is 0 Å². The van der Waals surface area contributed by atoms with Crippen LogP contribution in [-0.2, 0) is 6.54 Å². The number of para-hydroxylation sites is 1. The summed E-state index contributed by atoms with van der Waals surface area (Å²) in [4.78, 5) is 21.4. The summed E-state index contributed by atoms with van der Waals surface area (Å²) in [6, 6.07) is 8.42. The first-order valence-corrected chi connectivity index (χ1v) is 10.5. The summed E-state index contributed by atoms with van der Waals surface area (Å²) in [6.45, 7) is 4.16. The maximum absolute atomic E-state index is 13.0. The van der Waals surface area contributed by atoms with Gasteiger partial charge in [0.2, 0.25) is 0 Å². The minimum Gasteiger partial charge on any atom is -0.496 e. The number of hydrogen-bond acceptors (Lipinski definition) is 5. The molecule has 0 aliphatic carbocycles. The molecular weight excluding hydrogens is 368 g/mol. The van der Waals surface area contributed by atoms with E-state index in [1.165, 1.54) is 19.2 Å². The maximum atomic E-state index is 13.0. The van der Waals surface area contributed by atoms with E-state index in [0.29, 0.717) is 13.1 Å². The van der Waals surface area contributed by atoms with Crippen LogP contribution in [0.3, 0.4) is 0 Å². The zero-order valence-electron chi connectivity index (χ0n) is 17.0. The highest BCUT2D eigenvalue weighted by Crippen LogP contribution is 2.31. The minimum absolute atomic E-state index is 0.00621. The molecule has 2 atom stereocenters. The quantitative estimate of drug-likeness (QED) is 0.775. The van der Waals surface area contributed by atoms with Crippen molar-refractivity contribution in [2.75, 3.05) is 33.3 Å². The summed E-state index contributed by atoms with van der Waals surface area (Å²) in [7, 11) is 1.71. The van der Waals surface area contributed by atoms with Crippen molar-refractivity contribution in [2.24, 2.45) is 0 Å². The fourth-order valence-corrected chi connectivity index (χ4v) is 4.55. The largest absolute Gasteiger partial charge is 0.496 e. The van der Waals surface area contributed by atoms with Crippen LogP contribution in [0.2, 0.25) is 0 Å². The van der Waals surface area contributed by atoms with Crippen LogP contribution in [0, 0.1) is 0 Å². The summed E-state index contributed by atoms with van der Waals surface area (Å²) in [6.07, 6.45) is 7.66. The van der Waals surface area contributed by atoms with Crippen LogP contribution in [0.1, 0.15) is 37.3 Å². The molecule has 156 valence electrons. The zero-order chi connectivity index (χ0) is 20.1. The van der Waals surface area contributed by atoms with Crippen molar-refractivity contribution in [3.63, 3.8) is 0 Å². The molecule has 1 aromatic heterocycles. The topological polar surface area (TPSA) is 75.5 Å². The van der Waals surface area contributed by atoms with Crippen LogP contribution in [0.15, 0.2) is 36.9 Å². The molecule has 0 bridgehead atoms. The molecule has 2 aliphatic heterocycles. The van der Waals surface area contributed by atoms with Crippen LogP contribution < -0.4 is 10.1 Å². The third-order valence-electron chi connectivity index (χ3n) is 6.03. The normalized spacial score (nSPS) is 20.7. The van der Waals surface area contributed by atoms with Crippen LogP contribution in [-0.4, -0.2) is 69.9 Å². The summed E-state index contributed by atoms with van der Waals surface area (Å²) in [5.41, 5.74) is 1.14. The second kappa shape index (κ2) is 9.26. The Hall–Kier alpha value is -2.61. The summed E-state index contributed by atoms with van der Waals surface area (Å²) >= 11 is 0. The third kappa shape index (κ3) is 4.53. The molecule has 2 aliphatic rings. The first-order valence-electron chi connectivity index (χ1n) is 10.5. The van der Waals surface area contributed by atoms with E-state index in [1.807, 2.05) is 23.1 Å². The highest BCUT2D eigenvalue weighted by molar-refractivity contribution is 5.75. The van der Waals surface area contributed by atoms with Gasteiger partial charge in [0.15, 0.2) is 0 Å². The fraction of sp³-hybridized carbons (Fsp3) is 0.571. The predicted octanol–water partition coefficient (Wildman–Crippen LogP) is 2.30. The van der Waals surface area contributed by atoms with Gasteiger partial charge in [-0.3, -0.25) is 9.58 Å². The van der Waals surface area contributed by atoms with Gasteiger partial charge in [-0.15, -0.1) is 0 Å². The average molecular weight is 399 g/mol. The van der Waals surface area contributed by atoms with Gasteiger partial charge in [-0.2, -0.15) is 5.10 Å². The van der Waals surface area contributed by atoms with Crippen molar-refractivity contribution >= 4 is 6.03 Å². The highest BCUT2D eigenvalue weighted by Gasteiger charge is 2.31. The van der Waals surface area contributed by atoms with Gasteiger partial charge in [0.05, 0.1) is 25.7 Å². The number of carbonyl (C=O) groups is 1. The van der Waals surface area contributed by atoms with E-state index in [4.69, 9.17) is 4.74 Å². The molecule has 0 saturated carbocycles. The molecule has 1 aromatic carbocycles. The Morgan fingerprint density at radius 1 is 1.24 bits per heavy atom. The molecule has 2 unspecified atom stereocenters. The Morgan fingerprint density at radius 3 is 2.83 bits per heavy atom. The predicted molar refractivity (Wildman–Crippen MR) is 110 cm³/mol. The second-order valence-electron chi connectivity index (χ2n) is 7.79. The van der Waals surface area contributed by atoms with Crippen molar-refractivity contribution in [1.82, 2.24) is 29.9 Å². The van der Waals surface area contributed by atoms with Crippen LogP contribution in [0.5, 0.6) is 5.75 Å². The second-order valence-corrected chi connectivity index (χ2v) is 7.79. The Kier molecular flexibility index (Phi) is 6.29. The summed E-state index contributed by atoms with van der Waals surface area (Å²) < 4.78 is 7.41. The smallest absolute Gasteiger partial charge is 0.317 e. The van der Waals surface area contributed by atoms with E-state index in [1.54, 1.807) is 18.1 Å². The molecule has 2 saturated heterocycles. The SMILES string of the molecule is COc1ccccc1C(CNC(=O)N1CCCC1Cn1cncn1)N1CCCC1. The Bertz CT molecular complexity index is 790. The number of nitrogens with zero attached hydrogens (tertiary/aromatic N) is 5. The van der Waals surface area contributed by atoms with Gasteiger partial charge in [0.25, 0.3) is 0 Å². The molecular formula is C21H30N6O2. The first-order chi connectivity index (χ1) is 14.3. The first kappa shape index (κ1) is 19.7. The summed E-state index contributed by atoms with van der Waals surface area (Å²) in [5.74, 6) is 0.879. The number of hydrogen-bond donors (Lipinski definition) is 1. The van der Waals surface area contributed by atoms with Gasteiger partial charge in [-0.1, -0.05) is 18.2 Å². The molecule has 29 heavy (non-hydrogen) atoms. The van der Waals surface area contributed by atoms with Crippen LogP contribution in [0.4, 0.5) is 4.79 Å². The van der Waals surface area contributed by atoms with Crippen molar-refractivity contribution < 1.29 is 9.53 Å². The van der Waals surface area contributed by atoms with Crippen molar-refractivity contribution in [1.29, 1.82) is 0 Å². The summed E-state index contributed by atoms with van der Waals surface area (Å²) in [5, 5.41) is 7.39. The molecule has 4 rings (SSSR count). The number of carbonyl (C=O) groups excluding carboxylic acids is 1. The molecule has 8 nitrogen and oxygen atoms in total. The number of aromatic nitrogens is 3. The highest BCUT2D eigenvalue weighted by atomic mass is 16.5. The lowest BCUT2D eigenvalue weighted by Gasteiger charge is -2.31. The molecule has 8 heteroatoms. The molecule has 2 aromatic rings. The number of ether oxygens (including phenoxy) is 1. The van der Waals surface area contributed by atoms with Crippen molar-refractivity contribution in [3.05, 3.63) is 42.5 Å². The van der Waals surface area contributed by atoms with Gasteiger partial charge >= 0.3 is 6.03 Å². The lowest BCUT2D eigenvalue weighted by molar-refractivity contribution is 0.177. The van der Waals surface area contributed by atoms with Gasteiger partial charge < -0.3 is 15.0 Å². The Balaban J connectivity index is 1.43. The molecule has 1 N–H and O–H groups in total. The number of rotatable bonds is 7. The van der Waals surface area contributed by atoms with Crippen LogP contribution >= 0.6 is 0 Å². The van der Waals surface area contributed by atoms with Crippen molar-refractivity contribution in [3.8, 4) is 5.75 Å². The number of methoxy groups -OCH3 is 1. The number of nitrogens with one attached hydrogen (secondary N) is 1. The van der Waals surface area contributed by atoms with E-state index < -0.39 is 0 Å². The molecule has 2 fully saturated rings. The number of likely N-dealkylation sites (tertiary alicyclic amines) is 2. The van der Waals surface area contributed by atoms with Crippen molar-refractivity contribution in [2.45, 2.75) is 44.3 Å². The number of urea groups is 1. The third-order valence-corrected chi connectivity index (χ3v) is 6.03. The van der Waals surface area contributed by atoms with E-state index in [2.05, 4.69) is 26.4 Å². The molecule has 0 spiro atoms. The van der Waals surface area contributed by atoms with E-state index in [0.717, 1.165) is 43.8 Å².